The third kappa shape index (κ3) is 2.59. The second kappa shape index (κ2) is 4.86. The predicted octanol–water partition coefficient (Wildman–Crippen LogP) is 2.49. The summed E-state index contributed by atoms with van der Waals surface area (Å²) in [5.41, 5.74) is 2.25. The van der Waals surface area contributed by atoms with Crippen LogP contribution in [0.25, 0.3) is 0 Å². The van der Waals surface area contributed by atoms with Gasteiger partial charge in [0.25, 0.3) is 10.0 Å². The van der Waals surface area contributed by atoms with Crippen molar-refractivity contribution in [3.63, 3.8) is 0 Å². The Balaban J connectivity index is 2.46. The van der Waals surface area contributed by atoms with E-state index >= 15 is 0 Å². The minimum absolute atomic E-state index is 0.0822. The zero-order valence-electron chi connectivity index (χ0n) is 10.8. The molecule has 5 nitrogen and oxygen atoms in total. The fourth-order valence-electron chi connectivity index (χ4n) is 1.73. The van der Waals surface area contributed by atoms with Crippen molar-refractivity contribution in [2.45, 2.75) is 18.9 Å². The minimum atomic E-state index is -3.78. The van der Waals surface area contributed by atoms with Gasteiger partial charge in [-0.3, -0.25) is 4.72 Å². The second-order valence-corrected chi connectivity index (χ2v) is 6.28. The Labute approximate surface area is 117 Å². The maximum absolute atomic E-state index is 12.3. The molecule has 0 atom stereocenters. The van der Waals surface area contributed by atoms with Gasteiger partial charge in [0.05, 0.1) is 12.0 Å². The van der Waals surface area contributed by atoms with E-state index in [-0.39, 0.29) is 10.2 Å². The van der Waals surface area contributed by atoms with E-state index < -0.39 is 10.0 Å². The number of anilines is 1. The third-order valence-corrected chi connectivity index (χ3v) is 4.64. The van der Waals surface area contributed by atoms with Gasteiger partial charge in [-0.25, -0.2) is 4.98 Å². The van der Waals surface area contributed by atoms with E-state index in [1.807, 2.05) is 32.0 Å². The van der Waals surface area contributed by atoms with Crippen LogP contribution in [-0.4, -0.2) is 18.0 Å². The van der Waals surface area contributed by atoms with Crippen LogP contribution in [0, 0.1) is 13.8 Å². The molecule has 102 valence electrons. The molecule has 0 spiro atoms. The number of hydrogen-bond donors (Lipinski definition) is 1. The summed E-state index contributed by atoms with van der Waals surface area (Å²) in [6, 6.07) is 5.55. The van der Waals surface area contributed by atoms with E-state index in [2.05, 4.69) is 9.71 Å². The van der Waals surface area contributed by atoms with Gasteiger partial charge in [0.2, 0.25) is 5.03 Å². The molecule has 0 amide bonds. The lowest BCUT2D eigenvalue weighted by molar-refractivity contribution is 0.598. The number of halogens is 1. The average molecular weight is 300 g/mol. The number of nitrogens with zero attached hydrogens (tertiary/aromatic N) is 2. The molecule has 7 heteroatoms. The molecule has 2 aromatic rings. The van der Waals surface area contributed by atoms with E-state index in [1.165, 1.54) is 10.9 Å². The highest BCUT2D eigenvalue weighted by Gasteiger charge is 2.23. The van der Waals surface area contributed by atoms with E-state index in [0.29, 0.717) is 5.69 Å². The number of nitrogens with one attached hydrogen (secondary N) is 1. The van der Waals surface area contributed by atoms with Crippen LogP contribution in [-0.2, 0) is 17.1 Å². The maximum atomic E-state index is 12.3. The average Bonchev–Trinajstić information content (AvgIpc) is 2.66. The highest BCUT2D eigenvalue weighted by atomic mass is 35.5. The normalized spacial score (nSPS) is 11.6. The maximum Gasteiger partial charge on any atom is 0.282 e. The van der Waals surface area contributed by atoms with Crippen molar-refractivity contribution in [1.82, 2.24) is 9.55 Å². The first-order valence-electron chi connectivity index (χ1n) is 5.59. The Morgan fingerprint density at radius 3 is 2.32 bits per heavy atom. The van der Waals surface area contributed by atoms with E-state index in [9.17, 15) is 8.42 Å². The van der Waals surface area contributed by atoms with Crippen LogP contribution in [0.4, 0.5) is 5.69 Å². The number of para-hydroxylation sites is 1. The standard InChI is InChI=1S/C12H14ClN3O2S/c1-8-5-4-6-9(2)10(8)15-19(17,18)12-11(13)16(3)7-14-12/h4-7,15H,1-3H3. The first kappa shape index (κ1) is 13.9. The zero-order valence-corrected chi connectivity index (χ0v) is 12.4. The quantitative estimate of drug-likeness (QED) is 0.947. The van der Waals surface area contributed by atoms with Crippen molar-refractivity contribution in [2.24, 2.45) is 7.05 Å². The molecule has 19 heavy (non-hydrogen) atoms. The molecular formula is C12H14ClN3O2S. The Morgan fingerprint density at radius 2 is 1.84 bits per heavy atom. The van der Waals surface area contributed by atoms with Gasteiger partial charge in [-0.05, 0) is 25.0 Å². The van der Waals surface area contributed by atoms with Gasteiger partial charge in [-0.2, -0.15) is 8.42 Å². The molecular weight excluding hydrogens is 286 g/mol. The molecule has 0 fully saturated rings. The number of aryl methyl sites for hydroxylation is 3. The summed E-state index contributed by atoms with van der Waals surface area (Å²) in [5, 5.41) is -0.0851. The molecule has 0 bridgehead atoms. The van der Waals surface area contributed by atoms with E-state index in [1.54, 1.807) is 7.05 Å². The van der Waals surface area contributed by atoms with Gasteiger partial charge < -0.3 is 4.57 Å². The molecule has 1 heterocycles. The third-order valence-electron chi connectivity index (χ3n) is 2.81. The van der Waals surface area contributed by atoms with Crippen molar-refractivity contribution >= 4 is 27.3 Å². The van der Waals surface area contributed by atoms with Crippen molar-refractivity contribution < 1.29 is 8.42 Å². The van der Waals surface area contributed by atoms with Crippen LogP contribution < -0.4 is 4.72 Å². The summed E-state index contributed by atoms with van der Waals surface area (Å²) in [7, 11) is -2.15. The van der Waals surface area contributed by atoms with Crippen LogP contribution in [0.2, 0.25) is 5.15 Å². The van der Waals surface area contributed by atoms with Crippen molar-refractivity contribution in [2.75, 3.05) is 4.72 Å². The Morgan fingerprint density at radius 1 is 1.26 bits per heavy atom. The van der Waals surface area contributed by atoms with Crippen molar-refractivity contribution in [3.8, 4) is 0 Å². The molecule has 0 radical (unpaired) electrons. The fraction of sp³-hybridized carbons (Fsp3) is 0.250. The molecule has 2 rings (SSSR count). The van der Waals surface area contributed by atoms with Gasteiger partial charge in [0, 0.05) is 7.05 Å². The zero-order chi connectivity index (χ0) is 14.2. The Hall–Kier alpha value is -1.53. The molecule has 1 aromatic heterocycles. The van der Waals surface area contributed by atoms with Crippen molar-refractivity contribution in [3.05, 3.63) is 40.8 Å². The molecule has 0 saturated carbocycles. The molecule has 0 aliphatic carbocycles. The van der Waals surface area contributed by atoms with Gasteiger partial charge >= 0.3 is 0 Å². The highest BCUT2D eigenvalue weighted by molar-refractivity contribution is 7.92. The summed E-state index contributed by atoms with van der Waals surface area (Å²) in [6.45, 7) is 3.68. The van der Waals surface area contributed by atoms with Gasteiger partial charge in [0.15, 0.2) is 0 Å². The summed E-state index contributed by atoms with van der Waals surface area (Å²) in [5.74, 6) is 0. The molecule has 0 saturated heterocycles. The lowest BCUT2D eigenvalue weighted by Crippen LogP contribution is -2.15. The minimum Gasteiger partial charge on any atom is -0.324 e. The Kier molecular flexibility index (Phi) is 3.56. The summed E-state index contributed by atoms with van der Waals surface area (Å²) in [6.07, 6.45) is 1.36. The first-order chi connectivity index (χ1) is 8.83. The van der Waals surface area contributed by atoms with Gasteiger partial charge in [-0.15, -0.1) is 0 Å². The summed E-state index contributed by atoms with van der Waals surface area (Å²) < 4.78 is 28.5. The van der Waals surface area contributed by atoms with Crippen LogP contribution in [0.3, 0.4) is 0 Å². The van der Waals surface area contributed by atoms with E-state index in [4.69, 9.17) is 11.6 Å². The number of hydrogen-bond acceptors (Lipinski definition) is 3. The van der Waals surface area contributed by atoms with Crippen LogP contribution >= 0.6 is 11.6 Å². The lowest BCUT2D eigenvalue weighted by atomic mass is 10.1. The molecule has 0 aliphatic rings. The fourth-order valence-corrected chi connectivity index (χ4v) is 3.37. The predicted molar refractivity (Wildman–Crippen MR) is 74.9 cm³/mol. The van der Waals surface area contributed by atoms with Crippen LogP contribution in [0.1, 0.15) is 11.1 Å². The van der Waals surface area contributed by atoms with E-state index in [0.717, 1.165) is 11.1 Å². The second-order valence-electron chi connectivity index (χ2n) is 4.32. The molecule has 0 aliphatic heterocycles. The van der Waals surface area contributed by atoms with Gasteiger partial charge in [0.1, 0.15) is 5.15 Å². The lowest BCUT2D eigenvalue weighted by Gasteiger charge is -2.12. The smallest absolute Gasteiger partial charge is 0.282 e. The van der Waals surface area contributed by atoms with Crippen molar-refractivity contribution in [1.29, 1.82) is 0 Å². The topological polar surface area (TPSA) is 64.0 Å². The molecule has 1 aromatic carbocycles. The molecule has 0 unspecified atom stereocenters. The Bertz CT molecular complexity index is 702. The monoisotopic (exact) mass is 299 g/mol. The number of imidazole rings is 1. The summed E-state index contributed by atoms with van der Waals surface area (Å²) >= 11 is 5.92. The largest absolute Gasteiger partial charge is 0.324 e. The first-order valence-corrected chi connectivity index (χ1v) is 7.45. The number of aromatic nitrogens is 2. The van der Waals surface area contributed by atoms with Gasteiger partial charge in [-0.1, -0.05) is 29.8 Å². The number of sulfonamides is 1. The number of rotatable bonds is 3. The summed E-state index contributed by atoms with van der Waals surface area (Å²) in [4.78, 5) is 3.82. The van der Waals surface area contributed by atoms with Crippen LogP contribution in [0.5, 0.6) is 0 Å². The highest BCUT2D eigenvalue weighted by Crippen LogP contribution is 2.25. The SMILES string of the molecule is Cc1cccc(C)c1NS(=O)(=O)c1ncn(C)c1Cl. The molecule has 1 N–H and O–H groups in total. The van der Waals surface area contributed by atoms with Crippen LogP contribution in [0.15, 0.2) is 29.6 Å². The number of benzene rings is 1.